The van der Waals surface area contributed by atoms with Gasteiger partial charge in [0.25, 0.3) is 0 Å². The predicted molar refractivity (Wildman–Crippen MR) is 79.0 cm³/mol. The van der Waals surface area contributed by atoms with E-state index < -0.39 is 0 Å². The monoisotopic (exact) mass is 244 g/mol. The molecule has 0 saturated heterocycles. The maximum Gasteiger partial charge on any atom is 0.0471 e. The molecule has 0 unspecified atom stereocenters. The molecule has 2 heteroatoms. The van der Waals surface area contributed by atoms with Crippen LogP contribution < -0.4 is 0 Å². The van der Waals surface area contributed by atoms with Crippen molar-refractivity contribution in [3.8, 4) is 11.1 Å². The van der Waals surface area contributed by atoms with Gasteiger partial charge in [-0.15, -0.1) is 0 Å². The van der Waals surface area contributed by atoms with Gasteiger partial charge in [-0.2, -0.15) is 0 Å². The zero-order valence-corrected chi connectivity index (χ0v) is 10.3. The number of nitrogens with zero attached hydrogens (tertiary/aromatic N) is 1. The summed E-state index contributed by atoms with van der Waals surface area (Å²) in [4.78, 5) is 7.64. The molecule has 0 fully saturated rings. The van der Waals surface area contributed by atoms with Crippen molar-refractivity contribution in [2.45, 2.75) is 0 Å². The highest BCUT2D eigenvalue weighted by Gasteiger charge is 2.05. The van der Waals surface area contributed by atoms with E-state index in [4.69, 9.17) is 0 Å². The number of H-pyrrole nitrogens is 1. The molecule has 0 aliphatic heterocycles. The lowest BCUT2D eigenvalue weighted by Crippen LogP contribution is -1.79. The Hall–Kier alpha value is -2.61. The Morgan fingerprint density at radius 3 is 2.53 bits per heavy atom. The number of fused-ring (bicyclic) bond motifs is 3. The van der Waals surface area contributed by atoms with E-state index in [-0.39, 0.29) is 0 Å². The Bertz CT molecular complexity index is 860. The second-order valence-electron chi connectivity index (χ2n) is 4.67. The van der Waals surface area contributed by atoms with Crippen molar-refractivity contribution in [1.29, 1.82) is 0 Å². The second kappa shape index (κ2) is 3.95. The molecule has 0 aliphatic carbocycles. The first kappa shape index (κ1) is 10.3. The molecule has 0 saturated carbocycles. The fraction of sp³-hybridized carbons (Fsp3) is 0. The highest BCUT2D eigenvalue weighted by atomic mass is 14.7. The van der Waals surface area contributed by atoms with E-state index in [1.54, 1.807) is 6.20 Å². The Morgan fingerprint density at radius 1 is 0.737 bits per heavy atom. The third kappa shape index (κ3) is 1.61. The van der Waals surface area contributed by atoms with Crippen LogP contribution in [-0.2, 0) is 0 Å². The van der Waals surface area contributed by atoms with Gasteiger partial charge in [0.15, 0.2) is 0 Å². The van der Waals surface area contributed by atoms with Crippen LogP contribution in [0.2, 0.25) is 0 Å². The second-order valence-corrected chi connectivity index (χ2v) is 4.67. The SMILES string of the molecule is c1cncc(-c2ccc3c(c2)[nH]c2ccccc23)c1. The molecule has 0 bridgehead atoms. The number of rotatable bonds is 1. The minimum atomic E-state index is 1.14. The Labute approximate surface area is 110 Å². The van der Waals surface area contributed by atoms with Gasteiger partial charge in [0.1, 0.15) is 0 Å². The minimum Gasteiger partial charge on any atom is -0.354 e. The van der Waals surface area contributed by atoms with Crippen molar-refractivity contribution < 1.29 is 0 Å². The van der Waals surface area contributed by atoms with Gasteiger partial charge in [0.05, 0.1) is 0 Å². The highest BCUT2D eigenvalue weighted by molar-refractivity contribution is 6.08. The molecule has 2 nitrogen and oxygen atoms in total. The average molecular weight is 244 g/mol. The van der Waals surface area contributed by atoms with Crippen LogP contribution in [0.25, 0.3) is 32.9 Å². The first-order valence-corrected chi connectivity index (χ1v) is 6.33. The summed E-state index contributed by atoms with van der Waals surface area (Å²) in [5.41, 5.74) is 4.68. The molecule has 1 N–H and O–H groups in total. The quantitative estimate of drug-likeness (QED) is 0.528. The topological polar surface area (TPSA) is 28.7 Å². The number of aromatic nitrogens is 2. The van der Waals surface area contributed by atoms with Crippen molar-refractivity contribution in [3.05, 3.63) is 67.0 Å². The van der Waals surface area contributed by atoms with E-state index >= 15 is 0 Å². The van der Waals surface area contributed by atoms with Crippen molar-refractivity contribution in [3.63, 3.8) is 0 Å². The van der Waals surface area contributed by atoms with Gasteiger partial charge in [-0.25, -0.2) is 0 Å². The van der Waals surface area contributed by atoms with Crippen LogP contribution in [0.4, 0.5) is 0 Å². The summed E-state index contributed by atoms with van der Waals surface area (Å²) < 4.78 is 0. The Morgan fingerprint density at radius 2 is 1.63 bits per heavy atom. The summed E-state index contributed by atoms with van der Waals surface area (Å²) >= 11 is 0. The summed E-state index contributed by atoms with van der Waals surface area (Å²) in [5.74, 6) is 0. The van der Waals surface area contributed by atoms with Crippen molar-refractivity contribution >= 4 is 21.8 Å². The third-order valence-corrected chi connectivity index (χ3v) is 3.50. The summed E-state index contributed by atoms with van der Waals surface area (Å²) in [7, 11) is 0. The molecule has 90 valence electrons. The van der Waals surface area contributed by atoms with Gasteiger partial charge in [-0.1, -0.05) is 36.4 Å². The summed E-state index contributed by atoms with van der Waals surface area (Å²) in [6, 6.07) is 18.9. The number of hydrogen-bond donors (Lipinski definition) is 1. The Balaban J connectivity index is 1.99. The van der Waals surface area contributed by atoms with E-state index in [9.17, 15) is 0 Å². The smallest absolute Gasteiger partial charge is 0.0471 e. The van der Waals surface area contributed by atoms with Gasteiger partial charge < -0.3 is 4.98 Å². The Kier molecular flexibility index (Phi) is 2.15. The van der Waals surface area contributed by atoms with Crippen LogP contribution in [0, 0.1) is 0 Å². The lowest BCUT2D eigenvalue weighted by Gasteiger charge is -2.00. The molecule has 4 rings (SSSR count). The lowest BCUT2D eigenvalue weighted by atomic mass is 10.1. The molecule has 2 aromatic carbocycles. The first-order chi connectivity index (χ1) is 9.42. The van der Waals surface area contributed by atoms with Gasteiger partial charge in [0.2, 0.25) is 0 Å². The largest absolute Gasteiger partial charge is 0.354 e. The van der Waals surface area contributed by atoms with Crippen LogP contribution in [0.15, 0.2) is 67.0 Å². The molecule has 0 aliphatic rings. The van der Waals surface area contributed by atoms with Crippen LogP contribution in [0.3, 0.4) is 0 Å². The van der Waals surface area contributed by atoms with Gasteiger partial charge in [0, 0.05) is 39.8 Å². The fourth-order valence-electron chi connectivity index (χ4n) is 2.57. The summed E-state index contributed by atoms with van der Waals surface area (Å²) in [6.45, 7) is 0. The van der Waals surface area contributed by atoms with E-state index in [2.05, 4.69) is 58.5 Å². The number of aromatic amines is 1. The molecule has 2 heterocycles. The van der Waals surface area contributed by atoms with Crippen molar-refractivity contribution in [1.82, 2.24) is 9.97 Å². The van der Waals surface area contributed by atoms with Crippen LogP contribution in [0.5, 0.6) is 0 Å². The highest BCUT2D eigenvalue weighted by Crippen LogP contribution is 2.29. The fourth-order valence-corrected chi connectivity index (χ4v) is 2.57. The third-order valence-electron chi connectivity index (χ3n) is 3.50. The van der Waals surface area contributed by atoms with E-state index in [0.29, 0.717) is 0 Å². The molecular weight excluding hydrogens is 232 g/mol. The van der Waals surface area contributed by atoms with Gasteiger partial charge in [-0.05, 0) is 23.8 Å². The zero-order valence-electron chi connectivity index (χ0n) is 10.3. The molecule has 19 heavy (non-hydrogen) atoms. The van der Waals surface area contributed by atoms with Crippen LogP contribution >= 0.6 is 0 Å². The molecular formula is C17H12N2. The summed E-state index contributed by atoms with van der Waals surface area (Å²) in [5, 5.41) is 2.54. The maximum atomic E-state index is 4.17. The number of pyridine rings is 1. The first-order valence-electron chi connectivity index (χ1n) is 6.33. The van der Waals surface area contributed by atoms with E-state index in [1.165, 1.54) is 27.4 Å². The van der Waals surface area contributed by atoms with Crippen molar-refractivity contribution in [2.24, 2.45) is 0 Å². The molecule has 4 aromatic rings. The van der Waals surface area contributed by atoms with E-state index in [1.807, 2.05) is 12.3 Å². The van der Waals surface area contributed by atoms with E-state index in [0.717, 1.165) is 5.56 Å². The number of hydrogen-bond acceptors (Lipinski definition) is 1. The maximum absolute atomic E-state index is 4.17. The number of benzene rings is 2. The standard InChI is InChI=1S/C17H12N2/c1-2-6-16-14(5-1)15-8-7-12(10-17(15)19-16)13-4-3-9-18-11-13/h1-11,19H. The number of para-hydroxylation sites is 1. The number of nitrogens with one attached hydrogen (secondary N) is 1. The predicted octanol–water partition coefficient (Wildman–Crippen LogP) is 4.38. The molecule has 0 radical (unpaired) electrons. The zero-order chi connectivity index (χ0) is 12.7. The minimum absolute atomic E-state index is 1.14. The molecule has 0 spiro atoms. The molecule has 0 atom stereocenters. The lowest BCUT2D eigenvalue weighted by molar-refractivity contribution is 1.33. The normalized spacial score (nSPS) is 11.2. The van der Waals surface area contributed by atoms with Crippen molar-refractivity contribution in [2.75, 3.05) is 0 Å². The average Bonchev–Trinajstić information content (AvgIpc) is 2.86. The van der Waals surface area contributed by atoms with Crippen LogP contribution in [0.1, 0.15) is 0 Å². The van der Waals surface area contributed by atoms with Gasteiger partial charge >= 0.3 is 0 Å². The molecule has 2 aromatic heterocycles. The van der Waals surface area contributed by atoms with Gasteiger partial charge in [-0.3, -0.25) is 4.98 Å². The van der Waals surface area contributed by atoms with Crippen LogP contribution in [-0.4, -0.2) is 9.97 Å². The molecule has 0 amide bonds. The summed E-state index contributed by atoms with van der Waals surface area (Å²) in [6.07, 6.45) is 3.69.